The Labute approximate surface area is 152 Å². The Morgan fingerprint density at radius 1 is 1.12 bits per heavy atom. The smallest absolute Gasteiger partial charge is 0.325 e. The molecule has 0 atom stereocenters. The molecule has 8 heteroatoms. The van der Waals surface area contributed by atoms with Crippen LogP contribution in [-0.4, -0.2) is 17.6 Å². The Bertz CT molecular complexity index is 893. The highest BCUT2D eigenvalue weighted by Crippen LogP contribution is 2.27. The number of anilines is 2. The fourth-order valence-electron chi connectivity index (χ4n) is 2.21. The Morgan fingerprint density at radius 3 is 2.46 bits per heavy atom. The van der Waals surface area contributed by atoms with Crippen LogP contribution in [0.5, 0.6) is 5.75 Å². The summed E-state index contributed by atoms with van der Waals surface area (Å²) in [4.78, 5) is 16.2. The average Bonchev–Trinajstić information content (AvgIpc) is 3.08. The SMILES string of the molecule is CCOc1ccc(-c2csc(NC(=O)Nc3c(F)cccc3F)n2)cc1. The molecule has 26 heavy (non-hydrogen) atoms. The molecule has 0 aliphatic heterocycles. The number of halogens is 2. The molecule has 2 N–H and O–H groups in total. The lowest BCUT2D eigenvalue weighted by Gasteiger charge is -2.07. The van der Waals surface area contributed by atoms with Gasteiger partial charge in [-0.3, -0.25) is 5.32 Å². The third kappa shape index (κ3) is 4.15. The van der Waals surface area contributed by atoms with E-state index in [2.05, 4.69) is 15.6 Å². The van der Waals surface area contributed by atoms with Crippen LogP contribution >= 0.6 is 11.3 Å². The quantitative estimate of drug-likeness (QED) is 0.650. The molecule has 0 saturated carbocycles. The number of rotatable bonds is 5. The highest BCUT2D eigenvalue weighted by molar-refractivity contribution is 7.14. The summed E-state index contributed by atoms with van der Waals surface area (Å²) in [5.41, 5.74) is 1.03. The molecule has 3 rings (SSSR count). The standard InChI is InChI=1S/C18H15F2N3O2S/c1-2-25-12-8-6-11(7-9-12)15-10-26-18(21-15)23-17(24)22-16-13(19)4-3-5-14(16)20/h3-10H,2H2,1H3,(H2,21,22,23,24). The first-order valence-corrected chi connectivity index (χ1v) is 8.65. The Hall–Kier alpha value is -3.00. The van der Waals surface area contributed by atoms with E-state index in [1.807, 2.05) is 31.2 Å². The average molecular weight is 375 g/mol. The second kappa shape index (κ2) is 7.92. The maximum absolute atomic E-state index is 13.6. The summed E-state index contributed by atoms with van der Waals surface area (Å²) in [5, 5.41) is 6.69. The predicted molar refractivity (Wildman–Crippen MR) is 97.7 cm³/mol. The highest BCUT2D eigenvalue weighted by Gasteiger charge is 2.13. The summed E-state index contributed by atoms with van der Waals surface area (Å²) in [6.45, 7) is 2.49. The first-order valence-electron chi connectivity index (χ1n) is 7.77. The second-order valence-electron chi connectivity index (χ2n) is 5.17. The largest absolute Gasteiger partial charge is 0.494 e. The Balaban J connectivity index is 1.67. The van der Waals surface area contributed by atoms with Gasteiger partial charge in [-0.1, -0.05) is 6.07 Å². The Morgan fingerprint density at radius 2 is 1.81 bits per heavy atom. The van der Waals surface area contributed by atoms with Crippen LogP contribution in [-0.2, 0) is 0 Å². The van der Waals surface area contributed by atoms with Crippen LogP contribution in [0.3, 0.4) is 0 Å². The van der Waals surface area contributed by atoms with Gasteiger partial charge in [0.05, 0.1) is 12.3 Å². The predicted octanol–water partition coefficient (Wildman–Crippen LogP) is 5.13. The van der Waals surface area contributed by atoms with Crippen LogP contribution < -0.4 is 15.4 Å². The summed E-state index contributed by atoms with van der Waals surface area (Å²) in [6, 6.07) is 9.95. The highest BCUT2D eigenvalue weighted by atomic mass is 32.1. The van der Waals surface area contributed by atoms with E-state index in [0.29, 0.717) is 17.4 Å². The van der Waals surface area contributed by atoms with E-state index >= 15 is 0 Å². The molecule has 3 aromatic rings. The minimum Gasteiger partial charge on any atom is -0.494 e. The molecule has 0 aliphatic carbocycles. The molecule has 5 nitrogen and oxygen atoms in total. The number of hydrogen-bond acceptors (Lipinski definition) is 4. The summed E-state index contributed by atoms with van der Waals surface area (Å²) in [5.74, 6) is -0.945. The van der Waals surface area contributed by atoms with Crippen molar-refractivity contribution in [1.82, 2.24) is 4.98 Å². The molecule has 0 aliphatic rings. The van der Waals surface area contributed by atoms with Gasteiger partial charge in [0.15, 0.2) is 5.13 Å². The zero-order chi connectivity index (χ0) is 18.5. The van der Waals surface area contributed by atoms with E-state index in [4.69, 9.17) is 4.74 Å². The molecule has 2 amide bonds. The number of hydrogen-bond donors (Lipinski definition) is 2. The summed E-state index contributed by atoms with van der Waals surface area (Å²) < 4.78 is 32.5. The van der Waals surface area contributed by atoms with E-state index in [9.17, 15) is 13.6 Å². The Kier molecular flexibility index (Phi) is 5.43. The third-order valence-corrected chi connectivity index (χ3v) is 4.14. The third-order valence-electron chi connectivity index (χ3n) is 3.39. The number of nitrogens with zero attached hydrogens (tertiary/aromatic N) is 1. The second-order valence-corrected chi connectivity index (χ2v) is 6.03. The van der Waals surface area contributed by atoms with Crippen molar-refractivity contribution in [2.45, 2.75) is 6.92 Å². The van der Waals surface area contributed by atoms with Gasteiger partial charge >= 0.3 is 6.03 Å². The molecule has 0 bridgehead atoms. The summed E-state index contributed by atoms with van der Waals surface area (Å²) in [6.07, 6.45) is 0. The van der Waals surface area contributed by atoms with Gasteiger partial charge in [-0.25, -0.2) is 18.6 Å². The van der Waals surface area contributed by atoms with Gasteiger partial charge in [-0.15, -0.1) is 11.3 Å². The molecule has 0 spiro atoms. The van der Waals surface area contributed by atoms with Crippen LogP contribution in [0.25, 0.3) is 11.3 Å². The molecule has 0 fully saturated rings. The first-order chi connectivity index (χ1) is 12.6. The van der Waals surface area contributed by atoms with E-state index < -0.39 is 23.4 Å². The van der Waals surface area contributed by atoms with Crippen LogP contribution in [0.2, 0.25) is 0 Å². The van der Waals surface area contributed by atoms with Crippen LogP contribution in [0.1, 0.15) is 6.92 Å². The zero-order valence-corrected chi connectivity index (χ0v) is 14.6. The normalized spacial score (nSPS) is 10.4. The lowest BCUT2D eigenvalue weighted by atomic mass is 10.2. The van der Waals surface area contributed by atoms with Crippen LogP contribution in [0.4, 0.5) is 24.4 Å². The molecule has 0 unspecified atom stereocenters. The van der Waals surface area contributed by atoms with Gasteiger partial charge in [0, 0.05) is 10.9 Å². The lowest BCUT2D eigenvalue weighted by molar-refractivity contribution is 0.262. The number of para-hydroxylation sites is 1. The molecular formula is C18H15F2N3O2S. The number of nitrogens with one attached hydrogen (secondary N) is 2. The van der Waals surface area contributed by atoms with Gasteiger partial charge in [-0.05, 0) is 43.3 Å². The molecule has 1 aromatic heterocycles. The van der Waals surface area contributed by atoms with Crippen LogP contribution in [0.15, 0.2) is 47.8 Å². The number of amides is 2. The topological polar surface area (TPSA) is 63.2 Å². The summed E-state index contributed by atoms with van der Waals surface area (Å²) in [7, 11) is 0. The first kappa shape index (κ1) is 17.8. The van der Waals surface area contributed by atoms with Gasteiger partial charge in [-0.2, -0.15) is 0 Å². The molecule has 0 radical (unpaired) electrons. The maximum Gasteiger partial charge on any atom is 0.325 e. The number of urea groups is 1. The summed E-state index contributed by atoms with van der Waals surface area (Å²) >= 11 is 1.20. The van der Waals surface area contributed by atoms with Gasteiger partial charge in [0.25, 0.3) is 0 Å². The van der Waals surface area contributed by atoms with E-state index in [1.54, 1.807) is 5.38 Å². The lowest BCUT2D eigenvalue weighted by Crippen LogP contribution is -2.20. The van der Waals surface area contributed by atoms with E-state index in [0.717, 1.165) is 23.4 Å². The minimum absolute atomic E-state index is 0.308. The maximum atomic E-state index is 13.6. The number of carbonyl (C=O) groups excluding carboxylic acids is 1. The van der Waals surface area contributed by atoms with Gasteiger partial charge < -0.3 is 10.1 Å². The van der Waals surface area contributed by atoms with Crippen molar-refractivity contribution in [1.29, 1.82) is 0 Å². The van der Waals surface area contributed by atoms with Crippen molar-refractivity contribution in [2.75, 3.05) is 17.2 Å². The number of thiazole rings is 1. The molecule has 0 saturated heterocycles. The van der Waals surface area contributed by atoms with Crippen molar-refractivity contribution < 1.29 is 18.3 Å². The van der Waals surface area contributed by atoms with Crippen molar-refractivity contribution in [2.24, 2.45) is 0 Å². The zero-order valence-electron chi connectivity index (χ0n) is 13.8. The van der Waals surface area contributed by atoms with Crippen LogP contribution in [0, 0.1) is 11.6 Å². The molecule has 2 aromatic carbocycles. The van der Waals surface area contributed by atoms with Crippen molar-refractivity contribution in [3.05, 3.63) is 59.5 Å². The van der Waals surface area contributed by atoms with Crippen molar-refractivity contribution >= 4 is 28.2 Å². The molecule has 134 valence electrons. The van der Waals surface area contributed by atoms with Crippen molar-refractivity contribution in [3.63, 3.8) is 0 Å². The number of benzene rings is 2. The fourth-order valence-corrected chi connectivity index (χ4v) is 2.93. The number of aromatic nitrogens is 1. The monoisotopic (exact) mass is 375 g/mol. The van der Waals surface area contributed by atoms with Gasteiger partial charge in [0.2, 0.25) is 0 Å². The molecule has 1 heterocycles. The van der Waals surface area contributed by atoms with E-state index in [-0.39, 0.29) is 0 Å². The molecular weight excluding hydrogens is 360 g/mol. The minimum atomic E-state index is -0.852. The number of ether oxygens (including phenoxy) is 1. The van der Waals surface area contributed by atoms with Crippen molar-refractivity contribution in [3.8, 4) is 17.0 Å². The van der Waals surface area contributed by atoms with Gasteiger partial charge in [0.1, 0.15) is 23.1 Å². The fraction of sp³-hybridized carbons (Fsp3) is 0.111. The number of carbonyl (C=O) groups is 1. The van der Waals surface area contributed by atoms with E-state index in [1.165, 1.54) is 17.4 Å².